The Balaban J connectivity index is 0.000000454. The fourth-order valence-corrected chi connectivity index (χ4v) is 4.12. The van der Waals surface area contributed by atoms with Crippen LogP contribution in [0.2, 0.25) is 5.02 Å². The standard InChI is InChI=1S/C21H18ClN3O3S.C2HF3O2/c1-27-18-10-15(6-7-17(18)28-9-8-23)25-12-24-16-11-19(29-20(16)21(25)26)13-2-4-14(22)5-3-13;3-2(4,5)1(6)7/h2-7,10-12H,8-9,23H2,1H3;(H,6,7). The molecular weight excluding hydrogens is 523 g/mol. The lowest BCUT2D eigenvalue weighted by Crippen LogP contribution is -2.21. The van der Waals surface area contributed by atoms with Crippen molar-refractivity contribution in [3.05, 3.63) is 70.2 Å². The summed E-state index contributed by atoms with van der Waals surface area (Å²) in [6.07, 6.45) is -3.56. The minimum atomic E-state index is -5.08. The van der Waals surface area contributed by atoms with Gasteiger partial charge in [0.1, 0.15) is 17.6 Å². The van der Waals surface area contributed by atoms with Gasteiger partial charge in [0.15, 0.2) is 11.5 Å². The average molecular weight is 542 g/mol. The number of ether oxygens (including phenoxy) is 2. The topological polar surface area (TPSA) is 117 Å². The van der Waals surface area contributed by atoms with Gasteiger partial charge in [-0.25, -0.2) is 9.78 Å². The second-order valence-electron chi connectivity index (χ2n) is 7.03. The highest BCUT2D eigenvalue weighted by molar-refractivity contribution is 7.22. The summed E-state index contributed by atoms with van der Waals surface area (Å²) in [5, 5.41) is 7.79. The highest BCUT2D eigenvalue weighted by Gasteiger charge is 2.38. The molecule has 0 aliphatic carbocycles. The lowest BCUT2D eigenvalue weighted by molar-refractivity contribution is -0.192. The van der Waals surface area contributed by atoms with Crippen molar-refractivity contribution in [3.63, 3.8) is 0 Å². The van der Waals surface area contributed by atoms with Crippen molar-refractivity contribution in [2.24, 2.45) is 5.73 Å². The summed E-state index contributed by atoms with van der Waals surface area (Å²) in [4.78, 5) is 27.4. The first-order valence-corrected chi connectivity index (χ1v) is 11.3. The molecule has 2 aromatic carbocycles. The first-order chi connectivity index (χ1) is 17.0. The molecule has 4 rings (SSSR count). The van der Waals surface area contributed by atoms with Crippen LogP contribution in [0.25, 0.3) is 26.3 Å². The molecule has 13 heteroatoms. The molecule has 0 saturated heterocycles. The zero-order valence-electron chi connectivity index (χ0n) is 18.6. The second-order valence-corrected chi connectivity index (χ2v) is 8.52. The number of carboxylic acids is 1. The van der Waals surface area contributed by atoms with E-state index in [1.54, 1.807) is 25.3 Å². The third-order valence-electron chi connectivity index (χ3n) is 4.61. The molecule has 36 heavy (non-hydrogen) atoms. The van der Waals surface area contributed by atoms with Crippen molar-refractivity contribution in [2.45, 2.75) is 6.18 Å². The van der Waals surface area contributed by atoms with Gasteiger partial charge in [-0.05, 0) is 35.9 Å². The molecule has 0 atom stereocenters. The molecule has 0 radical (unpaired) electrons. The lowest BCUT2D eigenvalue weighted by Gasteiger charge is -2.12. The van der Waals surface area contributed by atoms with Crippen molar-refractivity contribution in [1.82, 2.24) is 9.55 Å². The van der Waals surface area contributed by atoms with Crippen LogP contribution in [-0.2, 0) is 4.79 Å². The Morgan fingerprint density at radius 1 is 1.17 bits per heavy atom. The van der Waals surface area contributed by atoms with Crippen LogP contribution in [0.1, 0.15) is 0 Å². The molecule has 2 aromatic heterocycles. The summed E-state index contributed by atoms with van der Waals surface area (Å²) < 4.78 is 44.8. The van der Waals surface area contributed by atoms with Crippen molar-refractivity contribution in [2.75, 3.05) is 20.3 Å². The highest BCUT2D eigenvalue weighted by atomic mass is 35.5. The average Bonchev–Trinajstić information content (AvgIpc) is 3.28. The molecule has 4 aromatic rings. The first-order valence-electron chi connectivity index (χ1n) is 10.1. The van der Waals surface area contributed by atoms with E-state index in [9.17, 15) is 18.0 Å². The fourth-order valence-electron chi connectivity index (χ4n) is 2.95. The van der Waals surface area contributed by atoms with Gasteiger partial charge < -0.3 is 20.3 Å². The third kappa shape index (κ3) is 6.33. The van der Waals surface area contributed by atoms with Crippen molar-refractivity contribution in [1.29, 1.82) is 0 Å². The predicted molar refractivity (Wildman–Crippen MR) is 130 cm³/mol. The molecule has 0 unspecified atom stereocenters. The number of carboxylic acid groups (broad SMARTS) is 1. The Kier molecular flexibility index (Phi) is 8.56. The van der Waals surface area contributed by atoms with Crippen LogP contribution < -0.4 is 20.8 Å². The summed E-state index contributed by atoms with van der Waals surface area (Å²) in [7, 11) is 1.55. The number of methoxy groups -OCH3 is 1. The van der Waals surface area contributed by atoms with Gasteiger partial charge in [0.2, 0.25) is 0 Å². The van der Waals surface area contributed by atoms with Crippen LogP contribution in [0.3, 0.4) is 0 Å². The van der Waals surface area contributed by atoms with Crippen molar-refractivity contribution in [3.8, 4) is 27.6 Å². The SMILES string of the molecule is COc1cc(-n2cnc3cc(-c4ccc(Cl)cc4)sc3c2=O)ccc1OCCN.O=C(O)C(F)(F)F. The maximum atomic E-state index is 13.1. The smallest absolute Gasteiger partial charge is 0.490 e. The number of hydrogen-bond acceptors (Lipinski definition) is 7. The maximum absolute atomic E-state index is 13.1. The van der Waals surface area contributed by atoms with Crippen LogP contribution in [0, 0.1) is 0 Å². The van der Waals surface area contributed by atoms with Crippen molar-refractivity contribution >= 4 is 39.1 Å². The quantitative estimate of drug-likeness (QED) is 0.362. The number of rotatable bonds is 6. The summed E-state index contributed by atoms with van der Waals surface area (Å²) >= 11 is 7.38. The number of halogens is 4. The highest BCUT2D eigenvalue weighted by Crippen LogP contribution is 2.32. The van der Waals surface area contributed by atoms with E-state index >= 15 is 0 Å². The van der Waals surface area contributed by atoms with Gasteiger partial charge in [-0.1, -0.05) is 23.7 Å². The van der Waals surface area contributed by atoms with Gasteiger partial charge in [0.25, 0.3) is 5.56 Å². The van der Waals surface area contributed by atoms with Gasteiger partial charge in [0.05, 0.1) is 18.3 Å². The van der Waals surface area contributed by atoms with E-state index in [0.717, 1.165) is 10.4 Å². The first kappa shape index (κ1) is 27.0. The second kappa shape index (κ2) is 11.4. The summed E-state index contributed by atoms with van der Waals surface area (Å²) in [6.45, 7) is 0.783. The molecule has 0 aliphatic rings. The molecule has 190 valence electrons. The largest absolute Gasteiger partial charge is 0.493 e. The number of alkyl halides is 3. The fraction of sp³-hybridized carbons (Fsp3) is 0.174. The Morgan fingerprint density at radius 3 is 2.42 bits per heavy atom. The number of carbonyl (C=O) groups is 1. The molecule has 0 fully saturated rings. The number of hydrogen-bond donors (Lipinski definition) is 2. The van der Waals surface area contributed by atoms with E-state index in [2.05, 4.69) is 4.98 Å². The Labute approximate surface area is 211 Å². The van der Waals surface area contributed by atoms with E-state index in [1.807, 2.05) is 30.3 Å². The monoisotopic (exact) mass is 541 g/mol. The van der Waals surface area contributed by atoms with Crippen molar-refractivity contribution < 1.29 is 32.5 Å². The molecule has 0 aliphatic heterocycles. The molecule has 0 amide bonds. The predicted octanol–water partition coefficient (Wildman–Crippen LogP) is 4.75. The van der Waals surface area contributed by atoms with Gasteiger partial charge in [-0.2, -0.15) is 13.2 Å². The summed E-state index contributed by atoms with van der Waals surface area (Å²) in [6, 6.07) is 14.7. The molecule has 8 nitrogen and oxygen atoms in total. The molecular formula is C23H19ClF3N3O5S. The number of benzene rings is 2. The van der Waals surface area contributed by atoms with E-state index in [0.29, 0.717) is 45.6 Å². The van der Waals surface area contributed by atoms with Crippen LogP contribution in [0.15, 0.2) is 59.7 Å². The van der Waals surface area contributed by atoms with Crippen LogP contribution in [0.5, 0.6) is 11.5 Å². The molecule has 0 saturated carbocycles. The molecule has 0 spiro atoms. The number of thiophene rings is 1. The van der Waals surface area contributed by atoms with E-state index < -0.39 is 12.1 Å². The number of fused-ring (bicyclic) bond motifs is 1. The van der Waals surface area contributed by atoms with E-state index in [-0.39, 0.29) is 5.56 Å². The molecule has 3 N–H and O–H groups in total. The lowest BCUT2D eigenvalue weighted by atomic mass is 10.2. The van der Waals surface area contributed by atoms with Gasteiger partial charge in [-0.3, -0.25) is 9.36 Å². The normalized spacial score (nSPS) is 11.1. The Morgan fingerprint density at radius 2 is 1.83 bits per heavy atom. The zero-order valence-corrected chi connectivity index (χ0v) is 20.2. The third-order valence-corrected chi connectivity index (χ3v) is 6.02. The van der Waals surface area contributed by atoms with Gasteiger partial charge >= 0.3 is 12.1 Å². The van der Waals surface area contributed by atoms with Crippen LogP contribution in [-0.4, -0.2) is 47.1 Å². The summed E-state index contributed by atoms with van der Waals surface area (Å²) in [5.74, 6) is -1.66. The summed E-state index contributed by atoms with van der Waals surface area (Å²) in [5.41, 5.74) is 7.64. The minimum absolute atomic E-state index is 0.141. The number of aromatic nitrogens is 2. The van der Waals surface area contributed by atoms with E-state index in [1.165, 1.54) is 22.2 Å². The Bertz CT molecular complexity index is 1420. The van der Waals surface area contributed by atoms with Crippen LogP contribution in [0.4, 0.5) is 13.2 Å². The maximum Gasteiger partial charge on any atom is 0.490 e. The number of nitrogens with two attached hydrogens (primary N) is 1. The minimum Gasteiger partial charge on any atom is -0.493 e. The molecule has 0 bridgehead atoms. The molecule has 2 heterocycles. The van der Waals surface area contributed by atoms with Crippen LogP contribution >= 0.6 is 22.9 Å². The van der Waals surface area contributed by atoms with Gasteiger partial charge in [0, 0.05) is 22.5 Å². The number of nitrogens with zero attached hydrogens (tertiary/aromatic N) is 2. The zero-order chi connectivity index (χ0) is 26.5. The van der Waals surface area contributed by atoms with E-state index in [4.69, 9.17) is 36.7 Å². The Hall–Kier alpha value is -3.61. The number of aliphatic carboxylic acids is 1. The van der Waals surface area contributed by atoms with Gasteiger partial charge in [-0.15, -0.1) is 11.3 Å².